The summed E-state index contributed by atoms with van der Waals surface area (Å²) in [7, 11) is -3.76. The normalized spacial score (nSPS) is 15.2. The lowest BCUT2D eigenvalue weighted by Crippen LogP contribution is -2.53. The molecule has 0 saturated heterocycles. The van der Waals surface area contributed by atoms with Gasteiger partial charge in [0.15, 0.2) is 8.32 Å². The predicted octanol–water partition coefficient (Wildman–Crippen LogP) is 3.14. The lowest BCUT2D eigenvalue weighted by Gasteiger charge is -2.32. The minimum Gasteiger partial charge on any atom is -0.446 e. The summed E-state index contributed by atoms with van der Waals surface area (Å²) in [6, 6.07) is 10.4. The fourth-order valence-electron chi connectivity index (χ4n) is 1.58. The molecule has 0 radical (unpaired) electrons. The molecule has 1 aromatic rings. The zero-order valence-electron chi connectivity index (χ0n) is 10.4. The monoisotopic (exact) mass is 248 g/mol. The van der Waals surface area contributed by atoms with Gasteiger partial charge in [-0.15, -0.1) is 13.2 Å². The van der Waals surface area contributed by atoms with Gasteiger partial charge in [-0.2, -0.15) is 0 Å². The van der Waals surface area contributed by atoms with E-state index in [0.29, 0.717) is 0 Å². The SMILES string of the molecule is C=C[Si](C)(C)O[Si](C)(C=C)c1ccccc1. The van der Waals surface area contributed by atoms with Gasteiger partial charge in [-0.3, -0.25) is 0 Å². The van der Waals surface area contributed by atoms with Crippen LogP contribution in [0, 0.1) is 0 Å². The summed E-state index contributed by atoms with van der Waals surface area (Å²) in [5.74, 6) is 0. The van der Waals surface area contributed by atoms with Crippen LogP contribution in [0.15, 0.2) is 54.9 Å². The van der Waals surface area contributed by atoms with Gasteiger partial charge in [-0.05, 0) is 24.8 Å². The minimum atomic E-state index is -2.00. The second-order valence-electron chi connectivity index (χ2n) is 4.59. The molecule has 0 aliphatic carbocycles. The molecule has 1 atom stereocenters. The van der Waals surface area contributed by atoms with Gasteiger partial charge in [0.05, 0.1) is 0 Å². The van der Waals surface area contributed by atoms with Crippen molar-refractivity contribution in [2.24, 2.45) is 0 Å². The Kier molecular flexibility index (Phi) is 4.07. The second kappa shape index (κ2) is 4.95. The molecule has 1 nitrogen and oxygen atoms in total. The van der Waals surface area contributed by atoms with Crippen LogP contribution in [0.5, 0.6) is 0 Å². The number of hydrogen-bond donors (Lipinski definition) is 0. The third-order valence-corrected chi connectivity index (χ3v) is 9.75. The lowest BCUT2D eigenvalue weighted by atomic mass is 10.4. The van der Waals surface area contributed by atoms with Crippen LogP contribution in [-0.4, -0.2) is 16.6 Å². The van der Waals surface area contributed by atoms with Crippen molar-refractivity contribution in [1.29, 1.82) is 0 Å². The molecular formula is C13H20OSi2. The van der Waals surface area contributed by atoms with Crippen molar-refractivity contribution < 1.29 is 4.12 Å². The first kappa shape index (κ1) is 13.2. The van der Waals surface area contributed by atoms with Crippen LogP contribution in [0.4, 0.5) is 0 Å². The van der Waals surface area contributed by atoms with Crippen LogP contribution in [0.25, 0.3) is 0 Å². The summed E-state index contributed by atoms with van der Waals surface area (Å²) in [5, 5.41) is 1.27. The molecule has 0 fully saturated rings. The zero-order chi connectivity index (χ0) is 12.2. The van der Waals surface area contributed by atoms with Crippen molar-refractivity contribution in [2.75, 3.05) is 0 Å². The smallest absolute Gasteiger partial charge is 0.234 e. The van der Waals surface area contributed by atoms with Crippen LogP contribution < -0.4 is 5.19 Å². The van der Waals surface area contributed by atoms with Crippen molar-refractivity contribution >= 4 is 21.8 Å². The summed E-state index contributed by atoms with van der Waals surface area (Å²) >= 11 is 0. The molecule has 0 N–H and O–H groups in total. The number of rotatable bonds is 5. The largest absolute Gasteiger partial charge is 0.446 e. The van der Waals surface area contributed by atoms with E-state index in [2.05, 4.69) is 57.1 Å². The maximum Gasteiger partial charge on any atom is 0.234 e. The third-order valence-electron chi connectivity index (χ3n) is 2.70. The van der Waals surface area contributed by atoms with E-state index in [1.165, 1.54) is 5.19 Å². The fraction of sp³-hybridized carbons (Fsp3) is 0.231. The highest BCUT2D eigenvalue weighted by Gasteiger charge is 2.34. The molecule has 0 bridgehead atoms. The summed E-state index contributed by atoms with van der Waals surface area (Å²) < 4.78 is 6.35. The van der Waals surface area contributed by atoms with E-state index in [4.69, 9.17) is 4.12 Å². The zero-order valence-corrected chi connectivity index (χ0v) is 12.4. The second-order valence-corrected chi connectivity index (χ2v) is 12.2. The molecule has 3 heteroatoms. The van der Waals surface area contributed by atoms with Crippen LogP contribution in [0.1, 0.15) is 0 Å². The summed E-state index contributed by atoms with van der Waals surface area (Å²) in [6.45, 7) is 14.3. The van der Waals surface area contributed by atoms with Gasteiger partial charge in [-0.25, -0.2) is 0 Å². The van der Waals surface area contributed by atoms with E-state index in [1.807, 2.05) is 17.5 Å². The Balaban J connectivity index is 3.04. The van der Waals surface area contributed by atoms with Crippen molar-refractivity contribution in [3.05, 3.63) is 54.9 Å². The molecular weight excluding hydrogens is 228 g/mol. The highest BCUT2D eigenvalue weighted by Crippen LogP contribution is 2.16. The Morgan fingerprint density at radius 1 is 1.00 bits per heavy atom. The highest BCUT2D eigenvalue weighted by molar-refractivity contribution is 6.97. The van der Waals surface area contributed by atoms with Crippen molar-refractivity contribution in [3.8, 4) is 0 Å². The van der Waals surface area contributed by atoms with Gasteiger partial charge >= 0.3 is 0 Å². The molecule has 16 heavy (non-hydrogen) atoms. The fourth-order valence-corrected chi connectivity index (χ4v) is 8.18. The Morgan fingerprint density at radius 3 is 2.00 bits per heavy atom. The van der Waals surface area contributed by atoms with Gasteiger partial charge in [0.1, 0.15) is 0 Å². The summed E-state index contributed by atoms with van der Waals surface area (Å²) in [6.07, 6.45) is 0. The van der Waals surface area contributed by atoms with Crippen molar-refractivity contribution in [3.63, 3.8) is 0 Å². The minimum absolute atomic E-state index is 1.27. The molecule has 0 saturated carbocycles. The van der Waals surface area contributed by atoms with Gasteiger partial charge in [0.2, 0.25) is 8.32 Å². The average molecular weight is 248 g/mol. The van der Waals surface area contributed by atoms with Gasteiger partial charge in [0, 0.05) is 0 Å². The van der Waals surface area contributed by atoms with Crippen LogP contribution in [0.2, 0.25) is 19.6 Å². The van der Waals surface area contributed by atoms with Gasteiger partial charge < -0.3 is 4.12 Å². The first-order valence-corrected chi connectivity index (χ1v) is 10.9. The Bertz CT molecular complexity index is 373. The molecule has 0 spiro atoms. The van der Waals surface area contributed by atoms with Gasteiger partial charge in [0.25, 0.3) is 0 Å². The summed E-state index contributed by atoms with van der Waals surface area (Å²) in [5.41, 5.74) is 3.98. The number of benzene rings is 1. The molecule has 0 heterocycles. The molecule has 1 unspecified atom stereocenters. The van der Waals surface area contributed by atoms with Crippen molar-refractivity contribution in [2.45, 2.75) is 19.6 Å². The van der Waals surface area contributed by atoms with E-state index in [0.717, 1.165) is 0 Å². The molecule has 0 amide bonds. The quantitative estimate of drug-likeness (QED) is 0.728. The molecule has 1 aromatic carbocycles. The first-order chi connectivity index (χ1) is 7.43. The van der Waals surface area contributed by atoms with E-state index >= 15 is 0 Å². The third kappa shape index (κ3) is 3.04. The van der Waals surface area contributed by atoms with Crippen LogP contribution >= 0.6 is 0 Å². The maximum atomic E-state index is 6.35. The maximum absolute atomic E-state index is 6.35. The standard InChI is InChI=1S/C13H20OSi2/c1-6-15(3,4)14-16(5,7-2)13-11-9-8-10-12-13/h6-12H,1-2H2,3-5H3. The van der Waals surface area contributed by atoms with E-state index in [-0.39, 0.29) is 0 Å². The van der Waals surface area contributed by atoms with Crippen molar-refractivity contribution in [1.82, 2.24) is 0 Å². The Hall–Kier alpha value is -0.906. The van der Waals surface area contributed by atoms with Gasteiger partial charge in [-0.1, -0.05) is 41.7 Å². The van der Waals surface area contributed by atoms with E-state index < -0.39 is 16.6 Å². The average Bonchev–Trinajstić information content (AvgIpc) is 2.29. The molecule has 1 rings (SSSR count). The molecule has 0 aliphatic rings. The topological polar surface area (TPSA) is 9.23 Å². The van der Waals surface area contributed by atoms with E-state index in [9.17, 15) is 0 Å². The first-order valence-electron chi connectivity index (χ1n) is 5.46. The number of hydrogen-bond acceptors (Lipinski definition) is 1. The summed E-state index contributed by atoms with van der Waals surface area (Å²) in [4.78, 5) is 0. The highest BCUT2D eigenvalue weighted by atomic mass is 28.4. The Labute approximate surface area is 101 Å². The lowest BCUT2D eigenvalue weighted by molar-refractivity contribution is 0.578. The molecule has 0 aromatic heterocycles. The van der Waals surface area contributed by atoms with Crippen LogP contribution in [-0.2, 0) is 4.12 Å². The predicted molar refractivity (Wildman–Crippen MR) is 76.7 cm³/mol. The van der Waals surface area contributed by atoms with Crippen LogP contribution in [0.3, 0.4) is 0 Å². The molecule has 86 valence electrons. The van der Waals surface area contributed by atoms with E-state index in [1.54, 1.807) is 0 Å². The molecule has 0 aliphatic heterocycles. The Morgan fingerprint density at radius 2 is 1.56 bits per heavy atom.